The van der Waals surface area contributed by atoms with Crippen LogP contribution in [-0.2, 0) is 5.41 Å². The second kappa shape index (κ2) is 8.16. The van der Waals surface area contributed by atoms with Crippen molar-refractivity contribution in [1.82, 2.24) is 0 Å². The zero-order chi connectivity index (χ0) is 27.9. The van der Waals surface area contributed by atoms with Crippen LogP contribution in [0.1, 0.15) is 43.2 Å². The van der Waals surface area contributed by atoms with Gasteiger partial charge in [-0.2, -0.15) is 0 Å². The van der Waals surface area contributed by atoms with Crippen molar-refractivity contribution in [2.45, 2.75) is 37.5 Å². The summed E-state index contributed by atoms with van der Waals surface area (Å²) in [5.41, 5.74) is 9.23. The van der Waals surface area contributed by atoms with Crippen molar-refractivity contribution in [3.05, 3.63) is 120 Å². The van der Waals surface area contributed by atoms with Gasteiger partial charge in [-0.25, -0.2) is 0 Å². The van der Waals surface area contributed by atoms with Crippen LogP contribution in [0, 0.1) is 23.7 Å². The van der Waals surface area contributed by atoms with Crippen molar-refractivity contribution >= 4 is 53.1 Å². The van der Waals surface area contributed by atoms with Crippen LogP contribution in [-0.4, -0.2) is 0 Å². The summed E-state index contributed by atoms with van der Waals surface area (Å²) >= 11 is 1.99. The molecule has 1 heterocycles. The Hall–Kier alpha value is -3.94. The fourth-order valence-electron chi connectivity index (χ4n) is 10.8. The van der Waals surface area contributed by atoms with Gasteiger partial charge in [0.05, 0.1) is 0 Å². The molecule has 4 fully saturated rings. The van der Waals surface area contributed by atoms with Crippen molar-refractivity contribution < 1.29 is 0 Å². The van der Waals surface area contributed by atoms with Crippen LogP contribution >= 0.6 is 11.3 Å². The monoisotopic (exact) mass is 568 g/mol. The van der Waals surface area contributed by atoms with E-state index in [1.54, 1.807) is 11.1 Å². The largest absolute Gasteiger partial charge is 0.135 e. The molecule has 4 saturated carbocycles. The molecule has 43 heavy (non-hydrogen) atoms. The highest BCUT2D eigenvalue weighted by molar-refractivity contribution is 7.25. The smallest absolute Gasteiger partial charge is 0.0358 e. The number of fused-ring (bicyclic) bond motifs is 9. The molecule has 0 aliphatic heterocycles. The third-order valence-corrected chi connectivity index (χ3v) is 13.4. The number of thiophene rings is 1. The molecule has 0 atom stereocenters. The Morgan fingerprint density at radius 3 is 2.00 bits per heavy atom. The second-order valence-electron chi connectivity index (χ2n) is 14.1. The van der Waals surface area contributed by atoms with Crippen molar-refractivity contribution in [1.29, 1.82) is 0 Å². The first kappa shape index (κ1) is 23.5. The maximum atomic E-state index is 2.67. The van der Waals surface area contributed by atoms with E-state index < -0.39 is 0 Å². The highest BCUT2D eigenvalue weighted by atomic mass is 32.1. The van der Waals surface area contributed by atoms with Crippen LogP contribution in [0.25, 0.3) is 64.0 Å². The van der Waals surface area contributed by atoms with Crippen LogP contribution in [0.2, 0.25) is 0 Å². The predicted molar refractivity (Wildman–Crippen MR) is 183 cm³/mol. The van der Waals surface area contributed by atoms with E-state index in [0.29, 0.717) is 0 Å². The van der Waals surface area contributed by atoms with E-state index in [4.69, 9.17) is 0 Å². The lowest BCUT2D eigenvalue weighted by molar-refractivity contribution is -0.0398. The Labute approximate surface area is 256 Å². The Morgan fingerprint density at radius 1 is 0.465 bits per heavy atom. The van der Waals surface area contributed by atoms with Gasteiger partial charge in [-0.15, -0.1) is 11.3 Å². The molecular weight excluding hydrogens is 537 g/mol. The molecule has 0 amide bonds. The molecule has 12 rings (SSSR count). The average molecular weight is 569 g/mol. The molecule has 7 aromatic rings. The fraction of sp³-hybridized carbons (Fsp3) is 0.238. The number of rotatable bonds is 1. The van der Waals surface area contributed by atoms with Gasteiger partial charge in [0.1, 0.15) is 0 Å². The predicted octanol–water partition coefficient (Wildman–Crippen LogP) is 11.8. The molecule has 206 valence electrons. The molecular formula is C42H32S. The normalized spacial score (nSPS) is 26.7. The lowest BCUT2D eigenvalue weighted by Gasteiger charge is -2.61. The number of hydrogen-bond acceptors (Lipinski definition) is 1. The minimum absolute atomic E-state index is 0.172. The van der Waals surface area contributed by atoms with E-state index >= 15 is 0 Å². The zero-order valence-electron chi connectivity index (χ0n) is 24.1. The van der Waals surface area contributed by atoms with Crippen molar-refractivity contribution in [3.63, 3.8) is 0 Å². The standard InChI is InChI=1S/C42H32S/c1-2-6-32-26(5-1)9-10-29-20-27(11-13-33(29)32)28-12-14-34-36-22-37-35-7-3-4-8-40(35)43-41(37)23-39(36)42(38(34)21-28)30-16-24-15-25(18-30)19-31(42)17-24/h1-14,20-25,30-31H,15-19H2. The van der Waals surface area contributed by atoms with Crippen LogP contribution in [0.15, 0.2) is 109 Å². The first-order valence-corrected chi connectivity index (χ1v) is 17.1. The van der Waals surface area contributed by atoms with Crippen LogP contribution in [0.5, 0.6) is 0 Å². The molecule has 0 nitrogen and oxygen atoms in total. The highest BCUT2D eigenvalue weighted by Gasteiger charge is 2.61. The fourth-order valence-corrected chi connectivity index (χ4v) is 11.9. The molecule has 0 N–H and O–H groups in total. The van der Waals surface area contributed by atoms with Gasteiger partial charge in [0.2, 0.25) is 0 Å². The minimum Gasteiger partial charge on any atom is -0.135 e. The summed E-state index contributed by atoms with van der Waals surface area (Å²) < 4.78 is 2.89. The zero-order valence-corrected chi connectivity index (χ0v) is 25.0. The third-order valence-electron chi connectivity index (χ3n) is 12.2. The minimum atomic E-state index is 0.172. The topological polar surface area (TPSA) is 0 Å². The first-order chi connectivity index (χ1) is 21.2. The summed E-state index contributed by atoms with van der Waals surface area (Å²) in [4.78, 5) is 0. The molecule has 5 aliphatic carbocycles. The molecule has 6 aromatic carbocycles. The first-order valence-electron chi connectivity index (χ1n) is 16.3. The number of hydrogen-bond donors (Lipinski definition) is 0. The van der Waals surface area contributed by atoms with E-state index in [0.717, 1.165) is 23.7 Å². The van der Waals surface area contributed by atoms with E-state index in [-0.39, 0.29) is 5.41 Å². The van der Waals surface area contributed by atoms with Crippen LogP contribution < -0.4 is 0 Å². The molecule has 1 heteroatoms. The molecule has 0 unspecified atom stereocenters. The van der Waals surface area contributed by atoms with Gasteiger partial charge < -0.3 is 0 Å². The van der Waals surface area contributed by atoms with Crippen molar-refractivity contribution in [3.8, 4) is 22.3 Å². The molecule has 1 spiro atoms. The Morgan fingerprint density at radius 2 is 1.14 bits per heavy atom. The summed E-state index contributed by atoms with van der Waals surface area (Å²) in [5.74, 6) is 3.45. The lowest BCUT2D eigenvalue weighted by Crippen LogP contribution is -2.55. The summed E-state index contributed by atoms with van der Waals surface area (Å²) in [6.45, 7) is 0. The molecule has 4 bridgehead atoms. The van der Waals surface area contributed by atoms with Crippen LogP contribution in [0.3, 0.4) is 0 Å². The van der Waals surface area contributed by atoms with E-state index in [1.165, 1.54) is 96.1 Å². The van der Waals surface area contributed by atoms with E-state index in [1.807, 2.05) is 11.3 Å². The van der Waals surface area contributed by atoms with Gasteiger partial charge in [0.15, 0.2) is 0 Å². The van der Waals surface area contributed by atoms with Gasteiger partial charge >= 0.3 is 0 Å². The van der Waals surface area contributed by atoms with Gasteiger partial charge in [0, 0.05) is 25.6 Å². The molecule has 0 saturated heterocycles. The highest BCUT2D eigenvalue weighted by Crippen LogP contribution is 2.70. The van der Waals surface area contributed by atoms with Gasteiger partial charge in [0.25, 0.3) is 0 Å². The maximum absolute atomic E-state index is 2.67. The summed E-state index contributed by atoms with van der Waals surface area (Å²) in [7, 11) is 0. The van der Waals surface area contributed by atoms with Crippen LogP contribution in [0.4, 0.5) is 0 Å². The quantitative estimate of drug-likeness (QED) is 0.173. The Kier molecular flexibility index (Phi) is 4.46. The second-order valence-corrected chi connectivity index (χ2v) is 15.2. The number of benzene rings is 6. The molecule has 5 aliphatic rings. The lowest BCUT2D eigenvalue weighted by atomic mass is 9.43. The Balaban J connectivity index is 1.15. The maximum Gasteiger partial charge on any atom is 0.0358 e. The van der Waals surface area contributed by atoms with Gasteiger partial charge in [-0.3, -0.25) is 0 Å². The van der Waals surface area contributed by atoms with E-state index in [9.17, 15) is 0 Å². The van der Waals surface area contributed by atoms with E-state index in [2.05, 4.69) is 109 Å². The van der Waals surface area contributed by atoms with Gasteiger partial charge in [-0.1, -0.05) is 78.9 Å². The van der Waals surface area contributed by atoms with Gasteiger partial charge in [-0.05, 0) is 141 Å². The van der Waals surface area contributed by atoms with Crippen molar-refractivity contribution in [2.75, 3.05) is 0 Å². The summed E-state index contributed by atoms with van der Waals surface area (Å²) in [6, 6.07) is 42.3. The summed E-state index contributed by atoms with van der Waals surface area (Å²) in [5, 5.41) is 8.19. The molecule has 0 radical (unpaired) electrons. The van der Waals surface area contributed by atoms with Crippen molar-refractivity contribution in [2.24, 2.45) is 23.7 Å². The molecule has 1 aromatic heterocycles. The average Bonchev–Trinajstić information content (AvgIpc) is 3.54. The SMILES string of the molecule is c1ccc2c(c1)ccc1cc(-c3ccc4c(c3)C3(c5cc6sc7ccccc7c6cc5-4)C4CC5CC(C4)CC3C5)ccc12. The Bertz CT molecular complexity index is 2290. The third kappa shape index (κ3) is 2.97. The summed E-state index contributed by atoms with van der Waals surface area (Å²) in [6.07, 6.45) is 7.17.